The van der Waals surface area contributed by atoms with Gasteiger partial charge in [-0.05, 0) is 36.8 Å². The maximum atomic E-state index is 13.0. The molecule has 0 radical (unpaired) electrons. The Bertz CT molecular complexity index is 694. The topological polar surface area (TPSA) is 67.9 Å². The lowest BCUT2D eigenvalue weighted by Gasteiger charge is -2.46. The number of nitrogens with zero attached hydrogens (tertiary/aromatic N) is 1. The minimum atomic E-state index is -0.481. The van der Waals surface area contributed by atoms with Crippen LogP contribution in [0.1, 0.15) is 44.7 Å². The van der Waals surface area contributed by atoms with Gasteiger partial charge in [0.1, 0.15) is 17.4 Å². The van der Waals surface area contributed by atoms with Gasteiger partial charge in [0.25, 0.3) is 0 Å². The number of carbonyl (C=O) groups excluding carboxylic acids is 2. The maximum absolute atomic E-state index is 13.0. The average Bonchev–Trinajstić information content (AvgIpc) is 2.65. The number of hydrogen-bond donors (Lipinski definition) is 1. The first kappa shape index (κ1) is 19.7. The number of piperidine rings is 1. The van der Waals surface area contributed by atoms with E-state index in [1.54, 1.807) is 7.11 Å². The summed E-state index contributed by atoms with van der Waals surface area (Å²) in [7, 11) is 1.69. The molecule has 0 aromatic heterocycles. The lowest BCUT2D eigenvalue weighted by atomic mass is 9.78. The summed E-state index contributed by atoms with van der Waals surface area (Å²) < 4.78 is 11.9. The van der Waals surface area contributed by atoms with Crippen molar-refractivity contribution in [2.75, 3.05) is 26.8 Å². The molecule has 2 aliphatic heterocycles. The lowest BCUT2D eigenvalue weighted by Crippen LogP contribution is -2.55. The molecule has 3 rings (SSSR count). The Morgan fingerprint density at radius 3 is 2.56 bits per heavy atom. The van der Waals surface area contributed by atoms with Crippen LogP contribution in [0.2, 0.25) is 0 Å². The molecule has 1 atom stereocenters. The smallest absolute Gasteiger partial charge is 0.245 e. The second-order valence-corrected chi connectivity index (χ2v) is 7.83. The molecule has 2 amide bonds. The Morgan fingerprint density at radius 1 is 1.26 bits per heavy atom. The molecule has 0 aliphatic carbocycles. The SMILES string of the molecule is COc1cccc2c1C1(CCN(C(=O)C(NC(C)=O)C(C)C)CC1)OCC2. The third-order valence-electron chi connectivity index (χ3n) is 5.71. The fourth-order valence-corrected chi connectivity index (χ4v) is 4.31. The molecule has 1 fully saturated rings. The number of amides is 2. The number of nitrogens with one attached hydrogen (secondary N) is 1. The first-order valence-corrected chi connectivity index (χ1v) is 9.74. The molecule has 6 nitrogen and oxygen atoms in total. The molecule has 0 bridgehead atoms. The summed E-state index contributed by atoms with van der Waals surface area (Å²) in [6, 6.07) is 5.67. The van der Waals surface area contributed by atoms with Gasteiger partial charge in [-0.25, -0.2) is 0 Å². The molecule has 1 aromatic carbocycles. The minimum Gasteiger partial charge on any atom is -0.496 e. The second-order valence-electron chi connectivity index (χ2n) is 7.83. The lowest BCUT2D eigenvalue weighted by molar-refractivity contribution is -0.145. The van der Waals surface area contributed by atoms with Gasteiger partial charge >= 0.3 is 0 Å². The molecule has 1 spiro atoms. The van der Waals surface area contributed by atoms with Crippen LogP contribution in [0.5, 0.6) is 5.75 Å². The van der Waals surface area contributed by atoms with Gasteiger partial charge in [0.15, 0.2) is 0 Å². The van der Waals surface area contributed by atoms with Gasteiger partial charge in [0, 0.05) is 25.6 Å². The molecule has 148 valence electrons. The zero-order valence-corrected chi connectivity index (χ0v) is 16.7. The van der Waals surface area contributed by atoms with Crippen LogP contribution in [-0.4, -0.2) is 49.6 Å². The molecule has 1 saturated heterocycles. The van der Waals surface area contributed by atoms with E-state index in [0.717, 1.165) is 30.6 Å². The van der Waals surface area contributed by atoms with Gasteiger partial charge in [-0.15, -0.1) is 0 Å². The first-order chi connectivity index (χ1) is 12.9. The molecule has 6 heteroatoms. The van der Waals surface area contributed by atoms with Crippen molar-refractivity contribution in [2.45, 2.75) is 51.7 Å². The number of carbonyl (C=O) groups is 2. The highest BCUT2D eigenvalue weighted by Crippen LogP contribution is 2.45. The van der Waals surface area contributed by atoms with Crippen molar-refractivity contribution < 1.29 is 19.1 Å². The summed E-state index contributed by atoms with van der Waals surface area (Å²) in [6.45, 7) is 7.27. The van der Waals surface area contributed by atoms with Gasteiger partial charge in [-0.1, -0.05) is 26.0 Å². The van der Waals surface area contributed by atoms with E-state index in [9.17, 15) is 9.59 Å². The monoisotopic (exact) mass is 374 g/mol. The number of rotatable bonds is 4. The molecule has 27 heavy (non-hydrogen) atoms. The highest BCUT2D eigenvalue weighted by molar-refractivity contribution is 5.87. The van der Waals surface area contributed by atoms with Gasteiger partial charge in [-0.3, -0.25) is 9.59 Å². The van der Waals surface area contributed by atoms with E-state index >= 15 is 0 Å². The van der Waals surface area contributed by atoms with Gasteiger partial charge < -0.3 is 19.7 Å². The summed E-state index contributed by atoms with van der Waals surface area (Å²) in [5.74, 6) is 0.727. The molecule has 2 aliphatic rings. The number of methoxy groups -OCH3 is 1. The van der Waals surface area contributed by atoms with Crippen LogP contribution in [0.15, 0.2) is 18.2 Å². The maximum Gasteiger partial charge on any atom is 0.245 e. The quantitative estimate of drug-likeness (QED) is 0.878. The number of ether oxygens (including phenoxy) is 2. The normalized spacial score (nSPS) is 19.5. The van der Waals surface area contributed by atoms with Gasteiger partial charge in [0.2, 0.25) is 11.8 Å². The summed E-state index contributed by atoms with van der Waals surface area (Å²) in [5, 5.41) is 2.80. The zero-order chi connectivity index (χ0) is 19.6. The summed E-state index contributed by atoms with van der Waals surface area (Å²) >= 11 is 0. The number of hydrogen-bond acceptors (Lipinski definition) is 4. The van der Waals surface area contributed by atoms with E-state index in [0.29, 0.717) is 19.7 Å². The first-order valence-electron chi connectivity index (χ1n) is 9.74. The van der Waals surface area contributed by atoms with Crippen molar-refractivity contribution in [2.24, 2.45) is 5.92 Å². The van der Waals surface area contributed by atoms with Gasteiger partial charge in [0.05, 0.1) is 13.7 Å². The fraction of sp³-hybridized carbons (Fsp3) is 0.619. The van der Waals surface area contributed by atoms with Crippen LogP contribution in [0.4, 0.5) is 0 Å². The molecular formula is C21H30N2O4. The number of fused-ring (bicyclic) bond motifs is 2. The second kappa shape index (κ2) is 7.89. The van der Waals surface area contributed by atoms with E-state index in [4.69, 9.17) is 9.47 Å². The standard InChI is InChI=1S/C21H30N2O4/c1-14(2)19(22-15(3)24)20(25)23-11-9-21(10-12-23)18-16(8-13-27-21)6-5-7-17(18)26-4/h5-7,14,19H,8-13H2,1-4H3,(H,22,24). The van der Waals surface area contributed by atoms with Gasteiger partial charge in [-0.2, -0.15) is 0 Å². The summed E-state index contributed by atoms with van der Waals surface area (Å²) in [5.41, 5.74) is 2.03. The molecule has 0 saturated carbocycles. The van der Waals surface area contributed by atoms with E-state index in [-0.39, 0.29) is 17.7 Å². The van der Waals surface area contributed by atoms with Crippen molar-refractivity contribution in [3.8, 4) is 5.75 Å². The van der Waals surface area contributed by atoms with E-state index < -0.39 is 11.6 Å². The van der Waals surface area contributed by atoms with Crippen LogP contribution in [0, 0.1) is 5.92 Å². The van der Waals surface area contributed by atoms with Crippen molar-refractivity contribution in [3.63, 3.8) is 0 Å². The van der Waals surface area contributed by atoms with Crippen molar-refractivity contribution in [1.29, 1.82) is 0 Å². The van der Waals surface area contributed by atoms with E-state index in [2.05, 4.69) is 11.4 Å². The van der Waals surface area contributed by atoms with Crippen LogP contribution in [-0.2, 0) is 26.3 Å². The minimum absolute atomic E-state index is 0.00823. The van der Waals surface area contributed by atoms with Crippen molar-refractivity contribution in [1.82, 2.24) is 10.2 Å². The van der Waals surface area contributed by atoms with Crippen LogP contribution in [0.3, 0.4) is 0 Å². The number of likely N-dealkylation sites (tertiary alicyclic amines) is 1. The van der Waals surface area contributed by atoms with Crippen molar-refractivity contribution >= 4 is 11.8 Å². The summed E-state index contributed by atoms with van der Waals surface area (Å²) in [6.07, 6.45) is 2.35. The Labute approximate surface area is 161 Å². The average molecular weight is 374 g/mol. The Kier molecular flexibility index (Phi) is 5.75. The van der Waals surface area contributed by atoms with Crippen molar-refractivity contribution in [3.05, 3.63) is 29.3 Å². The van der Waals surface area contributed by atoms with E-state index in [1.165, 1.54) is 12.5 Å². The predicted octanol–water partition coefficient (Wildman–Crippen LogP) is 2.25. The largest absolute Gasteiger partial charge is 0.496 e. The molecule has 1 N–H and O–H groups in total. The Hall–Kier alpha value is -2.08. The zero-order valence-electron chi connectivity index (χ0n) is 16.7. The number of benzene rings is 1. The Balaban J connectivity index is 1.78. The molecule has 1 aromatic rings. The highest BCUT2D eigenvalue weighted by Gasteiger charge is 2.44. The summed E-state index contributed by atoms with van der Waals surface area (Å²) in [4.78, 5) is 26.3. The third kappa shape index (κ3) is 3.81. The Morgan fingerprint density at radius 2 is 1.96 bits per heavy atom. The van der Waals surface area contributed by atoms with Crippen LogP contribution in [0.25, 0.3) is 0 Å². The molecular weight excluding hydrogens is 344 g/mol. The fourth-order valence-electron chi connectivity index (χ4n) is 4.31. The van der Waals surface area contributed by atoms with E-state index in [1.807, 2.05) is 30.9 Å². The third-order valence-corrected chi connectivity index (χ3v) is 5.71. The van der Waals surface area contributed by atoms with Crippen LogP contribution >= 0.6 is 0 Å². The highest BCUT2D eigenvalue weighted by atomic mass is 16.5. The molecule has 1 unspecified atom stereocenters. The molecule has 2 heterocycles. The van der Waals surface area contributed by atoms with Crippen LogP contribution < -0.4 is 10.1 Å². The predicted molar refractivity (Wildman–Crippen MR) is 103 cm³/mol.